The second-order valence-corrected chi connectivity index (χ2v) is 7.87. The van der Waals surface area contributed by atoms with E-state index in [0.717, 1.165) is 67.0 Å². The van der Waals surface area contributed by atoms with Gasteiger partial charge in [-0.05, 0) is 50.5 Å². The maximum Gasteiger partial charge on any atom is 0.224 e. The summed E-state index contributed by atoms with van der Waals surface area (Å²) < 4.78 is 0. The third-order valence-corrected chi connectivity index (χ3v) is 5.08. The van der Waals surface area contributed by atoms with E-state index in [1.54, 1.807) is 0 Å². The average molecular weight is 427 g/mol. The number of fused-ring (bicyclic) bond motifs is 1. The van der Waals surface area contributed by atoms with Crippen LogP contribution in [-0.2, 0) is 0 Å². The van der Waals surface area contributed by atoms with Gasteiger partial charge in [0, 0.05) is 53.7 Å². The summed E-state index contributed by atoms with van der Waals surface area (Å²) in [7, 11) is 0. The molecule has 3 aromatic rings. The molecule has 160 valence electrons. The van der Waals surface area contributed by atoms with Crippen LogP contribution in [0.15, 0.2) is 36.5 Å². The number of pyridine rings is 1. The number of nitrogens with zero attached hydrogens (tertiary/aromatic N) is 3. The molecule has 2 aromatic heterocycles. The van der Waals surface area contributed by atoms with Crippen molar-refractivity contribution in [3.8, 4) is 0 Å². The Balaban J connectivity index is 1.41. The molecule has 0 bridgehead atoms. The van der Waals surface area contributed by atoms with Gasteiger partial charge in [-0.1, -0.05) is 31.4 Å². The number of unbranched alkanes of at least 4 members (excludes halogenated alkanes) is 3. The summed E-state index contributed by atoms with van der Waals surface area (Å²) in [6, 6.07) is 9.80. The van der Waals surface area contributed by atoms with Crippen LogP contribution in [-0.4, -0.2) is 34.6 Å². The molecule has 0 saturated carbocycles. The lowest BCUT2D eigenvalue weighted by Gasteiger charge is -2.11. The number of aryl methyl sites for hydroxylation is 1. The first-order valence-corrected chi connectivity index (χ1v) is 11.1. The highest BCUT2D eigenvalue weighted by molar-refractivity contribution is 6.31. The molecule has 7 heteroatoms. The molecular weight excluding hydrogens is 396 g/mol. The van der Waals surface area contributed by atoms with Crippen LogP contribution in [0.2, 0.25) is 5.02 Å². The highest BCUT2D eigenvalue weighted by atomic mass is 35.5. The summed E-state index contributed by atoms with van der Waals surface area (Å²) in [5.41, 5.74) is 2.97. The number of rotatable bonds is 12. The molecule has 6 nitrogen and oxygen atoms in total. The monoisotopic (exact) mass is 426 g/mol. The topological polar surface area (TPSA) is 74.8 Å². The van der Waals surface area contributed by atoms with Crippen molar-refractivity contribution in [1.82, 2.24) is 15.0 Å². The third-order valence-electron chi connectivity index (χ3n) is 4.85. The SMILES string of the molecule is CCCCCNc1nc(C)cc(NCCCCNc2ccnc3cc(Cl)ccc23)n1. The summed E-state index contributed by atoms with van der Waals surface area (Å²) in [6.07, 6.45) is 7.49. The molecule has 1 aromatic carbocycles. The molecule has 0 spiro atoms. The van der Waals surface area contributed by atoms with Gasteiger partial charge in [0.05, 0.1) is 5.52 Å². The predicted molar refractivity (Wildman–Crippen MR) is 128 cm³/mol. The number of hydrogen-bond acceptors (Lipinski definition) is 6. The zero-order chi connectivity index (χ0) is 21.2. The lowest BCUT2D eigenvalue weighted by molar-refractivity contribution is 0.740. The van der Waals surface area contributed by atoms with Gasteiger partial charge in [0.25, 0.3) is 0 Å². The first-order chi connectivity index (χ1) is 14.7. The van der Waals surface area contributed by atoms with E-state index in [4.69, 9.17) is 11.6 Å². The highest BCUT2D eigenvalue weighted by Gasteiger charge is 2.03. The summed E-state index contributed by atoms with van der Waals surface area (Å²) in [5, 5.41) is 12.1. The van der Waals surface area contributed by atoms with E-state index in [2.05, 4.69) is 37.8 Å². The number of benzene rings is 1. The zero-order valence-corrected chi connectivity index (χ0v) is 18.6. The lowest BCUT2D eigenvalue weighted by Crippen LogP contribution is -2.10. The molecule has 0 aliphatic carbocycles. The quantitative estimate of drug-likeness (QED) is 0.313. The Bertz CT molecular complexity index is 946. The molecule has 0 aliphatic rings. The van der Waals surface area contributed by atoms with Crippen molar-refractivity contribution >= 4 is 40.0 Å². The second kappa shape index (κ2) is 11.6. The van der Waals surface area contributed by atoms with Crippen molar-refractivity contribution in [2.24, 2.45) is 0 Å². The van der Waals surface area contributed by atoms with Gasteiger partial charge < -0.3 is 16.0 Å². The van der Waals surface area contributed by atoms with Crippen molar-refractivity contribution < 1.29 is 0 Å². The van der Waals surface area contributed by atoms with Gasteiger partial charge in [-0.25, -0.2) is 4.98 Å². The van der Waals surface area contributed by atoms with E-state index < -0.39 is 0 Å². The van der Waals surface area contributed by atoms with Gasteiger partial charge in [-0.3, -0.25) is 4.98 Å². The Hall–Kier alpha value is -2.60. The standard InChI is InChI=1S/C23H31ClN6/c1-3-4-5-13-28-23-29-17(2)15-22(30-23)27-12-7-6-11-25-20-10-14-26-21-16-18(24)8-9-19(20)21/h8-10,14-16H,3-7,11-13H2,1-2H3,(H,25,26)(H2,27,28,29,30). The maximum atomic E-state index is 6.06. The predicted octanol–water partition coefficient (Wildman–Crippen LogP) is 5.89. The normalized spacial score (nSPS) is 10.9. The molecule has 3 N–H and O–H groups in total. The van der Waals surface area contributed by atoms with Crippen LogP contribution >= 0.6 is 11.6 Å². The van der Waals surface area contributed by atoms with Gasteiger partial charge in [0.2, 0.25) is 5.95 Å². The van der Waals surface area contributed by atoms with Gasteiger partial charge in [0.1, 0.15) is 5.82 Å². The fourth-order valence-electron chi connectivity index (χ4n) is 3.28. The van der Waals surface area contributed by atoms with Crippen LogP contribution in [0.1, 0.15) is 44.7 Å². The average Bonchev–Trinajstić information content (AvgIpc) is 2.73. The molecule has 0 unspecified atom stereocenters. The molecule has 0 aliphatic heterocycles. The smallest absolute Gasteiger partial charge is 0.224 e. The minimum Gasteiger partial charge on any atom is -0.384 e. The fourth-order valence-corrected chi connectivity index (χ4v) is 3.44. The Kier molecular flexibility index (Phi) is 8.51. The summed E-state index contributed by atoms with van der Waals surface area (Å²) in [5.74, 6) is 1.59. The van der Waals surface area contributed by atoms with E-state index in [9.17, 15) is 0 Å². The van der Waals surface area contributed by atoms with Gasteiger partial charge >= 0.3 is 0 Å². The van der Waals surface area contributed by atoms with E-state index in [0.29, 0.717) is 11.0 Å². The third kappa shape index (κ3) is 6.73. The van der Waals surface area contributed by atoms with E-state index >= 15 is 0 Å². The molecule has 0 amide bonds. The van der Waals surface area contributed by atoms with Crippen LogP contribution in [0.5, 0.6) is 0 Å². The van der Waals surface area contributed by atoms with E-state index in [1.807, 2.05) is 43.5 Å². The molecule has 0 fully saturated rings. The summed E-state index contributed by atoms with van der Waals surface area (Å²) in [6.45, 7) is 6.89. The van der Waals surface area contributed by atoms with Crippen molar-refractivity contribution in [3.05, 3.63) is 47.2 Å². The van der Waals surface area contributed by atoms with Crippen molar-refractivity contribution in [2.75, 3.05) is 35.6 Å². The summed E-state index contributed by atoms with van der Waals surface area (Å²) >= 11 is 6.06. The zero-order valence-electron chi connectivity index (χ0n) is 17.8. The molecule has 0 radical (unpaired) electrons. The van der Waals surface area contributed by atoms with Crippen LogP contribution in [0.3, 0.4) is 0 Å². The second-order valence-electron chi connectivity index (χ2n) is 7.43. The van der Waals surface area contributed by atoms with Gasteiger partial charge in [-0.2, -0.15) is 4.98 Å². The van der Waals surface area contributed by atoms with Gasteiger partial charge in [-0.15, -0.1) is 0 Å². The van der Waals surface area contributed by atoms with Crippen LogP contribution < -0.4 is 16.0 Å². The largest absolute Gasteiger partial charge is 0.384 e. The first kappa shape index (κ1) is 22.1. The van der Waals surface area contributed by atoms with E-state index in [-0.39, 0.29) is 0 Å². The van der Waals surface area contributed by atoms with Crippen molar-refractivity contribution in [2.45, 2.75) is 46.0 Å². The van der Waals surface area contributed by atoms with Gasteiger partial charge in [0.15, 0.2) is 0 Å². The minimum atomic E-state index is 0.706. The molecule has 2 heterocycles. The maximum absolute atomic E-state index is 6.06. The number of nitrogens with one attached hydrogen (secondary N) is 3. The Morgan fingerprint density at radius 1 is 0.867 bits per heavy atom. The Morgan fingerprint density at radius 2 is 1.63 bits per heavy atom. The number of hydrogen-bond donors (Lipinski definition) is 3. The lowest BCUT2D eigenvalue weighted by atomic mass is 10.2. The number of aromatic nitrogens is 3. The van der Waals surface area contributed by atoms with Crippen molar-refractivity contribution in [1.29, 1.82) is 0 Å². The number of anilines is 3. The molecular formula is C23H31ClN6. The van der Waals surface area contributed by atoms with Crippen LogP contribution in [0.4, 0.5) is 17.5 Å². The molecule has 0 saturated heterocycles. The van der Waals surface area contributed by atoms with Crippen LogP contribution in [0, 0.1) is 6.92 Å². The number of halogens is 1. The highest BCUT2D eigenvalue weighted by Crippen LogP contribution is 2.24. The van der Waals surface area contributed by atoms with Crippen molar-refractivity contribution in [3.63, 3.8) is 0 Å². The Morgan fingerprint density at radius 3 is 2.47 bits per heavy atom. The first-order valence-electron chi connectivity index (χ1n) is 10.8. The molecule has 30 heavy (non-hydrogen) atoms. The van der Waals surface area contributed by atoms with E-state index in [1.165, 1.54) is 12.8 Å². The summed E-state index contributed by atoms with van der Waals surface area (Å²) in [4.78, 5) is 13.4. The minimum absolute atomic E-state index is 0.706. The molecule has 3 rings (SSSR count). The van der Waals surface area contributed by atoms with Crippen LogP contribution in [0.25, 0.3) is 10.9 Å². The Labute approximate surface area is 183 Å². The molecule has 0 atom stereocenters. The fraction of sp³-hybridized carbons (Fsp3) is 0.435.